The molecular formula is C11H17NW. The molecule has 0 unspecified atom stereocenters. The van der Waals surface area contributed by atoms with Gasteiger partial charge in [0.1, 0.15) is 0 Å². The summed E-state index contributed by atoms with van der Waals surface area (Å²) in [6.45, 7) is 6.49. The van der Waals surface area contributed by atoms with Gasteiger partial charge in [0, 0.05) is 0 Å². The van der Waals surface area contributed by atoms with Crippen molar-refractivity contribution in [2.75, 3.05) is 0 Å². The molecule has 0 atom stereocenters. The Kier molecular flexibility index (Phi) is 4.25. The van der Waals surface area contributed by atoms with E-state index in [0.29, 0.717) is 5.92 Å². The molecule has 0 amide bonds. The first-order valence-electron chi connectivity index (χ1n) is 4.89. The summed E-state index contributed by atoms with van der Waals surface area (Å²) in [5.74, 6) is 0.610. The molecule has 0 aromatic heterocycles. The molecule has 0 heterocycles. The molecule has 0 spiro atoms. The van der Waals surface area contributed by atoms with E-state index < -0.39 is 0 Å². The molecule has 1 fully saturated rings. The van der Waals surface area contributed by atoms with Crippen LogP contribution in [0.1, 0.15) is 40.0 Å². The van der Waals surface area contributed by atoms with Crippen LogP contribution in [0.2, 0.25) is 0 Å². The van der Waals surface area contributed by atoms with Crippen LogP contribution in [0, 0.1) is 5.92 Å². The van der Waals surface area contributed by atoms with Crippen molar-refractivity contribution >= 4 is 9.61 Å². The van der Waals surface area contributed by atoms with Gasteiger partial charge in [-0.2, -0.15) is 0 Å². The molecule has 72 valence electrons. The maximum atomic E-state index is 4.66. The topological polar surface area (TPSA) is 12.4 Å². The molecule has 0 aromatic carbocycles. The zero-order valence-electron chi connectivity index (χ0n) is 8.63. The average molecular weight is 347 g/mol. The molecule has 0 saturated heterocycles. The molecule has 0 N–H and O–H groups in total. The summed E-state index contributed by atoms with van der Waals surface area (Å²) in [7, 11) is 0. The standard InChI is InChI=1S/C11H17N.W/c1-9(2)8-10(3)12-11-6-4-5-7-11;/h8-9H,4-6H2,1-3H3;. The summed E-state index contributed by atoms with van der Waals surface area (Å²) in [5.41, 5.74) is 2.55. The first-order chi connectivity index (χ1) is 6.09. The second-order valence-electron chi connectivity index (χ2n) is 3.89. The van der Waals surface area contributed by atoms with Crippen LogP contribution in [0.4, 0.5) is 0 Å². The van der Waals surface area contributed by atoms with Gasteiger partial charge in [0.25, 0.3) is 0 Å². The Morgan fingerprint density at radius 1 is 1.46 bits per heavy atom. The minimum absolute atomic E-state index is 0.610. The third kappa shape index (κ3) is 3.68. The van der Waals surface area contributed by atoms with E-state index in [4.69, 9.17) is 0 Å². The normalized spacial score (nSPS) is 22.0. The molecule has 2 heteroatoms. The van der Waals surface area contributed by atoms with E-state index in [-0.39, 0.29) is 0 Å². The third-order valence-corrected chi connectivity index (χ3v) is 3.61. The number of hydrogen-bond acceptors (Lipinski definition) is 1. The van der Waals surface area contributed by atoms with Crippen LogP contribution in [-0.4, -0.2) is 9.61 Å². The maximum absolute atomic E-state index is 4.66. The van der Waals surface area contributed by atoms with Crippen LogP contribution < -0.4 is 0 Å². The fourth-order valence-electron chi connectivity index (χ4n) is 1.55. The number of aliphatic imine (C=N–C) groups is 1. The van der Waals surface area contributed by atoms with Crippen LogP contribution in [0.5, 0.6) is 0 Å². The number of nitrogens with zero attached hydrogens (tertiary/aromatic N) is 1. The Balaban J connectivity index is 2.69. The van der Waals surface area contributed by atoms with Gasteiger partial charge in [0.05, 0.1) is 0 Å². The van der Waals surface area contributed by atoms with E-state index in [1.165, 1.54) is 30.7 Å². The zero-order chi connectivity index (χ0) is 9.84. The van der Waals surface area contributed by atoms with Crippen molar-refractivity contribution in [3.8, 4) is 0 Å². The Morgan fingerprint density at radius 3 is 2.62 bits per heavy atom. The van der Waals surface area contributed by atoms with Gasteiger partial charge in [-0.05, 0) is 0 Å². The summed E-state index contributed by atoms with van der Waals surface area (Å²) in [6.07, 6.45) is 6.02. The second kappa shape index (κ2) is 5.00. The Hall–Kier alpha value is -0.0317. The van der Waals surface area contributed by atoms with Gasteiger partial charge >= 0.3 is 91.7 Å². The Morgan fingerprint density at radius 2 is 2.15 bits per heavy atom. The van der Waals surface area contributed by atoms with E-state index in [9.17, 15) is 0 Å². The van der Waals surface area contributed by atoms with E-state index in [1.54, 1.807) is 23.3 Å². The second-order valence-corrected chi connectivity index (χ2v) is 5.66. The van der Waals surface area contributed by atoms with Crippen LogP contribution in [0.15, 0.2) is 16.8 Å². The fourth-order valence-corrected chi connectivity index (χ4v) is 2.60. The van der Waals surface area contributed by atoms with Crippen LogP contribution in [0.3, 0.4) is 0 Å². The minimum atomic E-state index is 0.610. The number of allylic oxidation sites excluding steroid dienone is 2. The summed E-state index contributed by atoms with van der Waals surface area (Å²) < 4.78 is 1.57. The Bertz CT molecular complexity index is 261. The first-order valence-corrected chi connectivity index (χ1v) is 6.35. The fraction of sp³-hybridized carbons (Fsp3) is 0.636. The van der Waals surface area contributed by atoms with Crippen LogP contribution in [0.25, 0.3) is 0 Å². The predicted molar refractivity (Wildman–Crippen MR) is 54.9 cm³/mol. The molecule has 1 aliphatic carbocycles. The number of hydrogen-bond donors (Lipinski definition) is 0. The van der Waals surface area contributed by atoms with Gasteiger partial charge in [-0.15, -0.1) is 0 Å². The van der Waals surface area contributed by atoms with E-state index >= 15 is 0 Å². The third-order valence-electron chi connectivity index (χ3n) is 2.03. The van der Waals surface area contributed by atoms with Gasteiger partial charge in [-0.25, -0.2) is 0 Å². The van der Waals surface area contributed by atoms with E-state index in [2.05, 4.69) is 31.8 Å². The molecule has 1 rings (SSSR count). The quantitative estimate of drug-likeness (QED) is 0.729. The average Bonchev–Trinajstić information content (AvgIpc) is 2.34. The summed E-state index contributed by atoms with van der Waals surface area (Å²) >= 11 is 1.60. The summed E-state index contributed by atoms with van der Waals surface area (Å²) in [5, 5.41) is 0. The van der Waals surface area contributed by atoms with Crippen molar-refractivity contribution in [2.45, 2.75) is 40.0 Å². The monoisotopic (exact) mass is 347 g/mol. The van der Waals surface area contributed by atoms with E-state index in [1.807, 2.05) is 0 Å². The molecule has 0 bridgehead atoms. The molecule has 1 aliphatic rings. The zero-order valence-corrected chi connectivity index (χ0v) is 11.6. The molecule has 13 heavy (non-hydrogen) atoms. The van der Waals surface area contributed by atoms with Crippen molar-refractivity contribution < 1.29 is 19.4 Å². The molecule has 1 saturated carbocycles. The predicted octanol–water partition coefficient (Wildman–Crippen LogP) is 2.89. The molecule has 0 aliphatic heterocycles. The summed E-state index contributed by atoms with van der Waals surface area (Å²) in [6, 6.07) is 0. The van der Waals surface area contributed by atoms with Crippen molar-refractivity contribution in [2.24, 2.45) is 10.9 Å². The molecule has 0 radical (unpaired) electrons. The molecule has 1 nitrogen and oxygen atoms in total. The summed E-state index contributed by atoms with van der Waals surface area (Å²) in [4.78, 5) is 4.66. The molecule has 0 aromatic rings. The molecular weight excluding hydrogens is 330 g/mol. The van der Waals surface area contributed by atoms with Crippen LogP contribution in [-0.2, 0) is 19.4 Å². The first kappa shape index (κ1) is 11.0. The Labute approximate surface area is 91.7 Å². The van der Waals surface area contributed by atoms with E-state index in [0.717, 1.165) is 0 Å². The van der Waals surface area contributed by atoms with Crippen molar-refractivity contribution in [3.63, 3.8) is 0 Å². The van der Waals surface area contributed by atoms with Gasteiger partial charge in [0.15, 0.2) is 0 Å². The van der Waals surface area contributed by atoms with Gasteiger partial charge < -0.3 is 0 Å². The van der Waals surface area contributed by atoms with Gasteiger partial charge in [-0.1, -0.05) is 0 Å². The SMILES string of the molecule is CC(=CC(C)C)N=C1CCC[C]1=[W]. The van der Waals surface area contributed by atoms with Gasteiger partial charge in [-0.3, -0.25) is 0 Å². The van der Waals surface area contributed by atoms with Crippen molar-refractivity contribution in [1.29, 1.82) is 0 Å². The number of rotatable bonds is 2. The van der Waals surface area contributed by atoms with Gasteiger partial charge in [0.2, 0.25) is 0 Å². The van der Waals surface area contributed by atoms with Crippen molar-refractivity contribution in [1.82, 2.24) is 0 Å². The van der Waals surface area contributed by atoms with Crippen LogP contribution >= 0.6 is 0 Å². The van der Waals surface area contributed by atoms with Crippen molar-refractivity contribution in [3.05, 3.63) is 11.8 Å².